The number of benzene rings is 2. The summed E-state index contributed by atoms with van der Waals surface area (Å²) in [6.07, 6.45) is 7.65. The van der Waals surface area contributed by atoms with Crippen molar-refractivity contribution >= 4 is 28.6 Å². The van der Waals surface area contributed by atoms with Gasteiger partial charge in [0.15, 0.2) is 0 Å². The predicted octanol–water partition coefficient (Wildman–Crippen LogP) is 6.32. The fourth-order valence-corrected chi connectivity index (χ4v) is 7.98. The highest BCUT2D eigenvalue weighted by atomic mass is 127. The average molecular weight is 530 g/mol. The van der Waals surface area contributed by atoms with E-state index in [4.69, 9.17) is 14.5 Å². The zero-order chi connectivity index (χ0) is 21.9. The van der Waals surface area contributed by atoms with Gasteiger partial charge >= 0.3 is 5.97 Å². The Balaban J connectivity index is 1.29. The minimum absolute atomic E-state index is 0.00376. The Morgan fingerprint density at radius 2 is 1.90 bits per heavy atom. The number of rotatable bonds is 5. The molecule has 0 N–H and O–H groups in total. The SMILES string of the molecule is CC12CCC(I)(C1)C1(C)Oc3ccc(CC=COOC(=O)c4ccccc4)cc3C21C. The molecule has 2 fully saturated rings. The number of hydrogen-bond acceptors (Lipinski definition) is 4. The second-order valence-electron chi connectivity index (χ2n) is 9.70. The van der Waals surface area contributed by atoms with Crippen molar-refractivity contribution in [2.24, 2.45) is 5.41 Å². The van der Waals surface area contributed by atoms with Crippen LogP contribution in [0, 0.1) is 5.41 Å². The van der Waals surface area contributed by atoms with Crippen LogP contribution in [0.25, 0.3) is 0 Å². The lowest BCUT2D eigenvalue weighted by atomic mass is 9.56. The molecule has 0 aromatic heterocycles. The highest BCUT2D eigenvalue weighted by molar-refractivity contribution is 14.1. The zero-order valence-corrected chi connectivity index (χ0v) is 20.3. The van der Waals surface area contributed by atoms with Gasteiger partial charge in [0.1, 0.15) is 17.6 Å². The number of hydrogen-bond donors (Lipinski definition) is 0. The van der Waals surface area contributed by atoms with Gasteiger partial charge in [0.2, 0.25) is 0 Å². The van der Waals surface area contributed by atoms with E-state index in [0.29, 0.717) is 12.0 Å². The minimum atomic E-state index is -0.510. The van der Waals surface area contributed by atoms with Crippen molar-refractivity contribution < 1.29 is 19.3 Å². The molecule has 3 aliphatic rings. The molecule has 0 radical (unpaired) electrons. The summed E-state index contributed by atoms with van der Waals surface area (Å²) in [4.78, 5) is 21.7. The van der Waals surface area contributed by atoms with Gasteiger partial charge in [-0.2, -0.15) is 0 Å². The Bertz CT molecular complexity index is 1070. The molecule has 2 aromatic carbocycles. The van der Waals surface area contributed by atoms with Crippen LogP contribution >= 0.6 is 22.6 Å². The summed E-state index contributed by atoms with van der Waals surface area (Å²) in [5.41, 5.74) is 3.04. The molecule has 2 saturated carbocycles. The maximum atomic E-state index is 11.9. The molecular formula is C26H27IO4. The van der Waals surface area contributed by atoms with Crippen molar-refractivity contribution in [1.82, 2.24) is 0 Å². The van der Waals surface area contributed by atoms with Crippen LogP contribution in [0.15, 0.2) is 60.9 Å². The van der Waals surface area contributed by atoms with E-state index in [1.165, 1.54) is 36.7 Å². The molecule has 4 atom stereocenters. The average Bonchev–Trinajstić information content (AvgIpc) is 3.27. The highest BCUT2D eigenvalue weighted by Gasteiger charge is 2.79. The molecule has 1 heterocycles. The summed E-state index contributed by atoms with van der Waals surface area (Å²) in [6.45, 7) is 7.17. The first-order valence-electron chi connectivity index (χ1n) is 10.8. The lowest BCUT2D eigenvalue weighted by molar-refractivity contribution is -0.191. The molecule has 162 valence electrons. The zero-order valence-electron chi connectivity index (χ0n) is 18.1. The fourth-order valence-electron chi connectivity index (χ4n) is 6.22. The monoisotopic (exact) mass is 530 g/mol. The van der Waals surface area contributed by atoms with Gasteiger partial charge in [-0.25, -0.2) is 9.68 Å². The summed E-state index contributed by atoms with van der Waals surface area (Å²) in [6, 6.07) is 15.3. The Labute approximate surface area is 197 Å². The van der Waals surface area contributed by atoms with Crippen LogP contribution in [0.2, 0.25) is 0 Å². The van der Waals surface area contributed by atoms with Gasteiger partial charge in [-0.05, 0) is 67.9 Å². The number of alkyl halides is 1. The molecule has 2 bridgehead atoms. The molecule has 2 aromatic rings. The summed E-state index contributed by atoms with van der Waals surface area (Å²) in [5.74, 6) is 0.518. The third-order valence-corrected chi connectivity index (χ3v) is 10.2. The van der Waals surface area contributed by atoms with Gasteiger partial charge in [-0.15, -0.1) is 0 Å². The van der Waals surface area contributed by atoms with E-state index in [2.05, 4.69) is 61.6 Å². The smallest absolute Gasteiger partial charge is 0.386 e. The minimum Gasteiger partial charge on any atom is -0.485 e. The van der Waals surface area contributed by atoms with Gasteiger partial charge in [-0.3, -0.25) is 4.89 Å². The molecular weight excluding hydrogens is 503 g/mol. The first-order chi connectivity index (χ1) is 14.7. The van der Waals surface area contributed by atoms with Gasteiger partial charge < -0.3 is 4.74 Å². The van der Waals surface area contributed by atoms with E-state index < -0.39 is 5.97 Å². The Morgan fingerprint density at radius 3 is 2.68 bits per heavy atom. The Morgan fingerprint density at radius 1 is 1.13 bits per heavy atom. The van der Waals surface area contributed by atoms with Crippen LogP contribution in [0.1, 0.15) is 61.5 Å². The maximum Gasteiger partial charge on any atom is 0.386 e. The summed E-state index contributed by atoms with van der Waals surface area (Å²) >= 11 is 2.68. The molecule has 0 spiro atoms. The summed E-state index contributed by atoms with van der Waals surface area (Å²) in [7, 11) is 0. The lowest BCUT2D eigenvalue weighted by Gasteiger charge is -2.50. The van der Waals surface area contributed by atoms with Gasteiger partial charge in [-0.1, -0.05) is 66.8 Å². The van der Waals surface area contributed by atoms with Crippen molar-refractivity contribution in [2.45, 2.75) is 60.9 Å². The number of fused-ring (bicyclic) bond motifs is 7. The van der Waals surface area contributed by atoms with Crippen LogP contribution in [0.5, 0.6) is 5.75 Å². The van der Waals surface area contributed by atoms with E-state index in [1.54, 1.807) is 24.3 Å². The Kier molecular flexibility index (Phi) is 4.70. The molecule has 1 aliphatic heterocycles. The van der Waals surface area contributed by atoms with Crippen LogP contribution in [-0.4, -0.2) is 15.0 Å². The molecule has 4 nitrogen and oxygen atoms in total. The second kappa shape index (κ2) is 6.99. The van der Waals surface area contributed by atoms with Crippen LogP contribution in [0.3, 0.4) is 0 Å². The number of carbonyl (C=O) groups is 1. The molecule has 0 amide bonds. The van der Waals surface area contributed by atoms with Crippen molar-refractivity contribution in [3.8, 4) is 5.75 Å². The largest absolute Gasteiger partial charge is 0.485 e. The topological polar surface area (TPSA) is 44.8 Å². The van der Waals surface area contributed by atoms with Crippen LogP contribution in [0.4, 0.5) is 0 Å². The standard InChI is InChI=1S/C26H27IO4/c1-23-13-14-26(27,17-23)25(3)24(23,2)20-16-18(11-12-21(20)30-25)8-7-15-29-31-22(28)19-9-5-4-6-10-19/h4-7,9-12,15-16H,8,13-14,17H2,1-3H3. The van der Waals surface area contributed by atoms with E-state index in [0.717, 1.165) is 5.75 Å². The summed E-state index contributed by atoms with van der Waals surface area (Å²) < 4.78 is 6.87. The normalized spacial score (nSPS) is 35.0. The molecule has 31 heavy (non-hydrogen) atoms. The number of halogens is 1. The first kappa shape index (κ1) is 20.9. The maximum absolute atomic E-state index is 11.9. The lowest BCUT2D eigenvalue weighted by Crippen LogP contribution is -2.59. The van der Waals surface area contributed by atoms with E-state index in [9.17, 15) is 4.79 Å². The Hall–Kier alpha value is -2.02. The van der Waals surface area contributed by atoms with Crippen molar-refractivity contribution in [1.29, 1.82) is 0 Å². The molecule has 2 aliphatic carbocycles. The van der Waals surface area contributed by atoms with Crippen LogP contribution in [-0.2, 0) is 21.6 Å². The van der Waals surface area contributed by atoms with Gasteiger partial charge in [0.05, 0.1) is 8.99 Å². The fraction of sp³-hybridized carbons (Fsp3) is 0.423. The van der Waals surface area contributed by atoms with Crippen LogP contribution < -0.4 is 4.74 Å². The number of ether oxygens (including phenoxy) is 1. The van der Waals surface area contributed by atoms with Crippen molar-refractivity contribution in [3.05, 3.63) is 77.6 Å². The van der Waals surface area contributed by atoms with Crippen molar-refractivity contribution in [3.63, 3.8) is 0 Å². The predicted molar refractivity (Wildman–Crippen MR) is 127 cm³/mol. The molecule has 4 unspecified atom stereocenters. The quantitative estimate of drug-likeness (QED) is 0.149. The molecule has 5 heteroatoms. The van der Waals surface area contributed by atoms with Gasteiger partial charge in [0, 0.05) is 11.0 Å². The van der Waals surface area contributed by atoms with E-state index >= 15 is 0 Å². The van der Waals surface area contributed by atoms with Gasteiger partial charge in [0.25, 0.3) is 0 Å². The highest BCUT2D eigenvalue weighted by Crippen LogP contribution is 2.77. The van der Waals surface area contributed by atoms with E-state index in [1.807, 2.05) is 12.1 Å². The second-order valence-corrected chi connectivity index (χ2v) is 11.8. The number of carbonyl (C=O) groups excluding carboxylic acids is 1. The van der Waals surface area contributed by atoms with E-state index in [-0.39, 0.29) is 19.9 Å². The number of allylic oxidation sites excluding steroid dienone is 1. The first-order valence-corrected chi connectivity index (χ1v) is 11.9. The molecule has 5 rings (SSSR count). The van der Waals surface area contributed by atoms with Crippen molar-refractivity contribution in [2.75, 3.05) is 0 Å². The summed E-state index contributed by atoms with van der Waals surface area (Å²) in [5, 5.41) is 0. The molecule has 0 saturated heterocycles. The third kappa shape index (κ3) is 2.81. The third-order valence-electron chi connectivity index (χ3n) is 8.29.